The summed E-state index contributed by atoms with van der Waals surface area (Å²) in [7, 11) is 0. The summed E-state index contributed by atoms with van der Waals surface area (Å²) in [6, 6.07) is 6.40. The molecule has 0 aliphatic carbocycles. The molecular formula is C10H11N5O2S. The minimum Gasteiger partial charge on any atom is -0.258 e. The van der Waals surface area contributed by atoms with Gasteiger partial charge in [0.25, 0.3) is 5.69 Å². The van der Waals surface area contributed by atoms with Gasteiger partial charge in [0.1, 0.15) is 0 Å². The zero-order valence-electron chi connectivity index (χ0n) is 9.68. The van der Waals surface area contributed by atoms with Crippen molar-refractivity contribution in [3.8, 4) is 0 Å². The lowest BCUT2D eigenvalue weighted by atomic mass is 10.3. The molecule has 18 heavy (non-hydrogen) atoms. The van der Waals surface area contributed by atoms with Gasteiger partial charge in [-0.15, -0.1) is 22.0 Å². The molecule has 0 aliphatic heterocycles. The molecule has 0 amide bonds. The van der Waals surface area contributed by atoms with Crippen LogP contribution in [0.2, 0.25) is 0 Å². The smallest absolute Gasteiger partial charge is 0.258 e. The average molecular weight is 265 g/mol. The van der Waals surface area contributed by atoms with Crippen LogP contribution in [-0.2, 0) is 12.3 Å². The van der Waals surface area contributed by atoms with Crippen molar-refractivity contribution in [2.45, 2.75) is 24.1 Å². The normalized spacial score (nSPS) is 10.5. The molecular weight excluding hydrogens is 254 g/mol. The number of aromatic nitrogens is 4. The first-order chi connectivity index (χ1) is 8.69. The Morgan fingerprint density at radius 3 is 2.67 bits per heavy atom. The van der Waals surface area contributed by atoms with Crippen molar-refractivity contribution in [3.63, 3.8) is 0 Å². The zero-order chi connectivity index (χ0) is 13.0. The molecule has 1 aromatic carbocycles. The van der Waals surface area contributed by atoms with Gasteiger partial charge in [-0.25, -0.2) is 0 Å². The Balaban J connectivity index is 1.95. The molecule has 1 heterocycles. The van der Waals surface area contributed by atoms with Crippen LogP contribution < -0.4 is 0 Å². The van der Waals surface area contributed by atoms with Gasteiger partial charge in [-0.05, 0) is 24.3 Å². The number of thioether (sulfide) groups is 1. The Bertz CT molecular complexity index is 539. The number of hydrogen-bond acceptors (Lipinski definition) is 6. The highest BCUT2D eigenvalue weighted by Gasteiger charge is 2.06. The van der Waals surface area contributed by atoms with E-state index in [9.17, 15) is 10.1 Å². The van der Waals surface area contributed by atoms with Crippen LogP contribution in [-0.4, -0.2) is 25.1 Å². The number of tetrazole rings is 1. The van der Waals surface area contributed by atoms with E-state index in [0.717, 1.165) is 4.90 Å². The molecule has 0 saturated carbocycles. The van der Waals surface area contributed by atoms with E-state index in [1.165, 1.54) is 28.7 Å². The summed E-state index contributed by atoms with van der Waals surface area (Å²) in [5.41, 5.74) is 0.0920. The average Bonchev–Trinajstić information content (AvgIpc) is 2.85. The van der Waals surface area contributed by atoms with Gasteiger partial charge in [0.15, 0.2) is 5.82 Å². The van der Waals surface area contributed by atoms with Crippen molar-refractivity contribution in [1.29, 1.82) is 0 Å². The van der Waals surface area contributed by atoms with E-state index in [1.807, 2.05) is 6.92 Å². The molecule has 0 spiro atoms. The zero-order valence-corrected chi connectivity index (χ0v) is 10.5. The van der Waals surface area contributed by atoms with E-state index < -0.39 is 4.92 Å². The maximum Gasteiger partial charge on any atom is 0.269 e. The summed E-state index contributed by atoms with van der Waals surface area (Å²) >= 11 is 1.52. The Morgan fingerprint density at radius 2 is 2.11 bits per heavy atom. The molecule has 2 aromatic rings. The van der Waals surface area contributed by atoms with Crippen LogP contribution in [0.3, 0.4) is 0 Å². The molecule has 94 valence electrons. The SMILES string of the molecule is CCn1nnc(CSc2ccc([N+](=O)[O-])cc2)n1. The summed E-state index contributed by atoms with van der Waals surface area (Å²) in [4.78, 5) is 12.5. The Hall–Kier alpha value is -1.96. The third-order valence-electron chi connectivity index (χ3n) is 2.19. The summed E-state index contributed by atoms with van der Waals surface area (Å²) in [5.74, 6) is 1.25. The lowest BCUT2D eigenvalue weighted by Gasteiger charge is -1.97. The van der Waals surface area contributed by atoms with E-state index in [0.29, 0.717) is 18.1 Å². The Kier molecular flexibility index (Phi) is 3.88. The number of hydrogen-bond donors (Lipinski definition) is 0. The van der Waals surface area contributed by atoms with Gasteiger partial charge in [0.05, 0.1) is 17.2 Å². The first-order valence-electron chi connectivity index (χ1n) is 5.33. The molecule has 0 fully saturated rings. The standard InChI is InChI=1S/C10H11N5O2S/c1-2-14-12-10(11-13-14)7-18-9-5-3-8(4-6-9)15(16)17/h3-6H,2,7H2,1H3. The van der Waals surface area contributed by atoms with Gasteiger partial charge < -0.3 is 0 Å². The predicted octanol–water partition coefficient (Wildman–Crippen LogP) is 1.89. The fourth-order valence-corrected chi connectivity index (χ4v) is 2.02. The van der Waals surface area contributed by atoms with E-state index in [-0.39, 0.29) is 5.69 Å². The first kappa shape index (κ1) is 12.5. The van der Waals surface area contributed by atoms with Crippen LogP contribution in [0, 0.1) is 10.1 Å². The first-order valence-corrected chi connectivity index (χ1v) is 6.31. The number of nitrogens with zero attached hydrogens (tertiary/aromatic N) is 5. The molecule has 8 heteroatoms. The highest BCUT2D eigenvalue weighted by molar-refractivity contribution is 7.98. The second kappa shape index (κ2) is 5.58. The number of non-ortho nitro benzene ring substituents is 1. The lowest BCUT2D eigenvalue weighted by molar-refractivity contribution is -0.384. The molecule has 1 aromatic heterocycles. The largest absolute Gasteiger partial charge is 0.269 e. The second-order valence-corrected chi connectivity index (χ2v) is 4.48. The van der Waals surface area contributed by atoms with Crippen molar-refractivity contribution < 1.29 is 4.92 Å². The molecule has 0 unspecified atom stereocenters. The predicted molar refractivity (Wildman–Crippen MR) is 66.1 cm³/mol. The fourth-order valence-electron chi connectivity index (χ4n) is 1.28. The van der Waals surface area contributed by atoms with E-state index >= 15 is 0 Å². The fraction of sp³-hybridized carbons (Fsp3) is 0.300. The van der Waals surface area contributed by atoms with Crippen molar-refractivity contribution in [2.75, 3.05) is 0 Å². The second-order valence-electron chi connectivity index (χ2n) is 3.43. The minimum absolute atomic E-state index is 0.0920. The summed E-state index contributed by atoms with van der Waals surface area (Å²) in [6.07, 6.45) is 0. The Labute approximate surface area is 107 Å². The molecule has 0 atom stereocenters. The van der Waals surface area contributed by atoms with Crippen molar-refractivity contribution in [2.24, 2.45) is 0 Å². The quantitative estimate of drug-likeness (QED) is 0.466. The van der Waals surface area contributed by atoms with Crippen LogP contribution in [0.1, 0.15) is 12.7 Å². The summed E-state index contributed by atoms with van der Waals surface area (Å²) in [6.45, 7) is 2.63. The lowest BCUT2D eigenvalue weighted by Crippen LogP contribution is -1.98. The number of benzene rings is 1. The van der Waals surface area contributed by atoms with Gasteiger partial charge >= 0.3 is 0 Å². The Morgan fingerprint density at radius 1 is 1.39 bits per heavy atom. The third-order valence-corrected chi connectivity index (χ3v) is 3.20. The highest BCUT2D eigenvalue weighted by atomic mass is 32.2. The molecule has 0 saturated heterocycles. The van der Waals surface area contributed by atoms with Crippen molar-refractivity contribution in [3.05, 3.63) is 40.2 Å². The minimum atomic E-state index is -0.414. The monoisotopic (exact) mass is 265 g/mol. The van der Waals surface area contributed by atoms with Gasteiger partial charge in [-0.3, -0.25) is 10.1 Å². The van der Waals surface area contributed by atoms with Gasteiger partial charge in [-0.2, -0.15) is 4.80 Å². The maximum atomic E-state index is 10.5. The van der Waals surface area contributed by atoms with Gasteiger partial charge in [0, 0.05) is 17.0 Å². The highest BCUT2D eigenvalue weighted by Crippen LogP contribution is 2.23. The molecule has 0 N–H and O–H groups in total. The number of nitro groups is 1. The summed E-state index contributed by atoms with van der Waals surface area (Å²) < 4.78 is 0. The summed E-state index contributed by atoms with van der Waals surface area (Å²) in [5, 5.41) is 22.4. The number of rotatable bonds is 5. The molecule has 7 nitrogen and oxygen atoms in total. The van der Waals surface area contributed by atoms with Crippen LogP contribution in [0.4, 0.5) is 5.69 Å². The van der Waals surface area contributed by atoms with Crippen LogP contribution >= 0.6 is 11.8 Å². The molecule has 2 rings (SSSR count). The van der Waals surface area contributed by atoms with Crippen LogP contribution in [0.25, 0.3) is 0 Å². The molecule has 0 radical (unpaired) electrons. The number of aryl methyl sites for hydroxylation is 1. The topological polar surface area (TPSA) is 86.7 Å². The number of nitro benzene ring substituents is 1. The van der Waals surface area contributed by atoms with Crippen LogP contribution in [0.5, 0.6) is 0 Å². The molecule has 0 aliphatic rings. The van der Waals surface area contributed by atoms with Crippen molar-refractivity contribution >= 4 is 17.4 Å². The van der Waals surface area contributed by atoms with Gasteiger partial charge in [-0.1, -0.05) is 0 Å². The van der Waals surface area contributed by atoms with E-state index in [4.69, 9.17) is 0 Å². The van der Waals surface area contributed by atoms with Crippen molar-refractivity contribution in [1.82, 2.24) is 20.2 Å². The maximum absolute atomic E-state index is 10.5. The van der Waals surface area contributed by atoms with E-state index in [1.54, 1.807) is 12.1 Å². The third kappa shape index (κ3) is 3.04. The van der Waals surface area contributed by atoms with Crippen LogP contribution in [0.15, 0.2) is 29.2 Å². The molecule has 0 bridgehead atoms. The van der Waals surface area contributed by atoms with Gasteiger partial charge in [0.2, 0.25) is 0 Å². The van der Waals surface area contributed by atoms with E-state index in [2.05, 4.69) is 15.4 Å².